The van der Waals surface area contributed by atoms with Gasteiger partial charge in [0.1, 0.15) is 5.65 Å². The van der Waals surface area contributed by atoms with E-state index in [4.69, 9.17) is 9.84 Å². The van der Waals surface area contributed by atoms with Crippen molar-refractivity contribution in [3.05, 3.63) is 35.8 Å². The Labute approximate surface area is 110 Å². The Morgan fingerprint density at radius 3 is 3.16 bits per heavy atom. The number of ether oxygens (including phenoxy) is 1. The predicted molar refractivity (Wildman–Crippen MR) is 69.4 cm³/mol. The Bertz CT molecular complexity index is 600. The summed E-state index contributed by atoms with van der Waals surface area (Å²) < 4.78 is 7.55. The van der Waals surface area contributed by atoms with Crippen molar-refractivity contribution in [2.45, 2.75) is 31.8 Å². The molecule has 0 bridgehead atoms. The van der Waals surface area contributed by atoms with Gasteiger partial charge >= 0.3 is 5.97 Å². The second-order valence-corrected chi connectivity index (χ2v) is 4.91. The first-order chi connectivity index (χ1) is 9.22. The summed E-state index contributed by atoms with van der Waals surface area (Å²) in [5, 5.41) is 8.96. The number of carboxylic acids is 1. The van der Waals surface area contributed by atoms with Crippen LogP contribution in [0.5, 0.6) is 0 Å². The van der Waals surface area contributed by atoms with Gasteiger partial charge in [0.15, 0.2) is 0 Å². The van der Waals surface area contributed by atoms with Gasteiger partial charge in [0.25, 0.3) is 0 Å². The highest BCUT2D eigenvalue weighted by Gasteiger charge is 2.16. The van der Waals surface area contributed by atoms with Crippen molar-refractivity contribution < 1.29 is 14.6 Å². The van der Waals surface area contributed by atoms with Crippen molar-refractivity contribution in [1.82, 2.24) is 9.38 Å². The summed E-state index contributed by atoms with van der Waals surface area (Å²) in [6.45, 7) is 0.835. The maximum atomic E-state index is 10.9. The van der Waals surface area contributed by atoms with Gasteiger partial charge in [0, 0.05) is 25.4 Å². The molecule has 0 aliphatic carbocycles. The Morgan fingerprint density at radius 2 is 2.42 bits per heavy atom. The molecule has 1 unspecified atom stereocenters. The first kappa shape index (κ1) is 12.2. The summed E-state index contributed by atoms with van der Waals surface area (Å²) in [6.07, 6.45) is 8.15. The van der Waals surface area contributed by atoms with Crippen LogP contribution in [0.2, 0.25) is 0 Å². The lowest BCUT2D eigenvalue weighted by molar-refractivity contribution is 0.0163. The van der Waals surface area contributed by atoms with Crippen LogP contribution >= 0.6 is 0 Å². The van der Waals surface area contributed by atoms with Crippen LogP contribution in [-0.2, 0) is 11.2 Å². The van der Waals surface area contributed by atoms with Gasteiger partial charge in [-0.15, -0.1) is 0 Å². The summed E-state index contributed by atoms with van der Waals surface area (Å²) >= 11 is 0. The van der Waals surface area contributed by atoms with E-state index in [1.165, 1.54) is 6.42 Å². The Balaban J connectivity index is 1.82. The van der Waals surface area contributed by atoms with E-state index < -0.39 is 5.97 Å². The van der Waals surface area contributed by atoms with Crippen LogP contribution in [0, 0.1) is 0 Å². The molecule has 19 heavy (non-hydrogen) atoms. The monoisotopic (exact) mass is 260 g/mol. The standard InChI is InChI=1S/C14H16N2O3/c17-14(18)10-4-5-16-9-11(15-13(16)7-10)8-12-3-1-2-6-19-12/h4-5,7,9,12H,1-3,6,8H2,(H,17,18). The molecular weight excluding hydrogens is 244 g/mol. The van der Waals surface area contributed by atoms with Gasteiger partial charge in [-0.25, -0.2) is 9.78 Å². The molecule has 2 aromatic heterocycles. The average Bonchev–Trinajstić information content (AvgIpc) is 2.80. The lowest BCUT2D eigenvalue weighted by Gasteiger charge is -2.21. The topological polar surface area (TPSA) is 63.8 Å². The molecule has 1 saturated heterocycles. The largest absolute Gasteiger partial charge is 0.478 e. The molecule has 5 nitrogen and oxygen atoms in total. The van der Waals surface area contributed by atoms with Gasteiger partial charge in [-0.1, -0.05) is 0 Å². The van der Waals surface area contributed by atoms with Gasteiger partial charge in [0.05, 0.1) is 17.4 Å². The van der Waals surface area contributed by atoms with E-state index in [1.807, 2.05) is 10.6 Å². The zero-order chi connectivity index (χ0) is 13.2. The van der Waals surface area contributed by atoms with Crippen LogP contribution in [-0.4, -0.2) is 33.2 Å². The zero-order valence-electron chi connectivity index (χ0n) is 10.6. The van der Waals surface area contributed by atoms with Crippen molar-refractivity contribution >= 4 is 11.6 Å². The Morgan fingerprint density at radius 1 is 1.53 bits per heavy atom. The minimum atomic E-state index is -0.928. The van der Waals surface area contributed by atoms with Gasteiger partial charge in [-0.05, 0) is 31.4 Å². The van der Waals surface area contributed by atoms with Crippen LogP contribution in [0.25, 0.3) is 5.65 Å². The van der Waals surface area contributed by atoms with Gasteiger partial charge in [-0.3, -0.25) is 0 Å². The van der Waals surface area contributed by atoms with Gasteiger partial charge < -0.3 is 14.2 Å². The van der Waals surface area contributed by atoms with Crippen molar-refractivity contribution in [2.75, 3.05) is 6.61 Å². The number of imidazole rings is 1. The number of carboxylic acid groups (broad SMARTS) is 1. The molecule has 1 aliphatic heterocycles. The molecule has 3 rings (SSSR count). The van der Waals surface area contributed by atoms with Crippen LogP contribution in [0.3, 0.4) is 0 Å². The maximum Gasteiger partial charge on any atom is 0.335 e. The molecule has 0 amide bonds. The van der Waals surface area contributed by atoms with Crippen LogP contribution in [0.4, 0.5) is 0 Å². The molecule has 1 fully saturated rings. The highest BCUT2D eigenvalue weighted by atomic mass is 16.5. The third kappa shape index (κ3) is 2.61. The number of hydrogen-bond donors (Lipinski definition) is 1. The summed E-state index contributed by atoms with van der Waals surface area (Å²) in [6, 6.07) is 3.17. The number of nitrogens with zero attached hydrogens (tertiary/aromatic N) is 2. The van der Waals surface area contributed by atoms with E-state index in [1.54, 1.807) is 18.3 Å². The molecule has 0 radical (unpaired) electrons. The highest BCUT2D eigenvalue weighted by molar-refractivity contribution is 5.88. The molecule has 0 spiro atoms. The van der Waals surface area contributed by atoms with Crippen LogP contribution < -0.4 is 0 Å². The number of hydrogen-bond acceptors (Lipinski definition) is 3. The minimum Gasteiger partial charge on any atom is -0.478 e. The van der Waals surface area contributed by atoms with E-state index >= 15 is 0 Å². The first-order valence-electron chi connectivity index (χ1n) is 6.55. The van der Waals surface area contributed by atoms with E-state index in [0.29, 0.717) is 5.65 Å². The van der Waals surface area contributed by atoms with E-state index in [0.717, 1.165) is 31.6 Å². The Hall–Kier alpha value is -1.88. The second-order valence-electron chi connectivity index (χ2n) is 4.91. The lowest BCUT2D eigenvalue weighted by Crippen LogP contribution is -2.21. The number of rotatable bonds is 3. The zero-order valence-corrected chi connectivity index (χ0v) is 10.6. The number of carbonyl (C=O) groups is 1. The summed E-state index contributed by atoms with van der Waals surface area (Å²) in [5.74, 6) is -0.928. The molecule has 3 heterocycles. The van der Waals surface area contributed by atoms with Crippen molar-refractivity contribution in [1.29, 1.82) is 0 Å². The average molecular weight is 260 g/mol. The van der Waals surface area contributed by atoms with Gasteiger partial charge in [-0.2, -0.15) is 0 Å². The fourth-order valence-corrected chi connectivity index (χ4v) is 2.47. The third-order valence-electron chi connectivity index (χ3n) is 3.47. The normalized spacial score (nSPS) is 19.7. The van der Waals surface area contributed by atoms with Crippen LogP contribution in [0.15, 0.2) is 24.5 Å². The molecule has 0 saturated carbocycles. The molecule has 1 aliphatic rings. The quantitative estimate of drug-likeness (QED) is 0.918. The number of aromatic nitrogens is 2. The predicted octanol–water partition coefficient (Wildman–Crippen LogP) is 2.14. The second kappa shape index (κ2) is 5.01. The number of pyridine rings is 1. The summed E-state index contributed by atoms with van der Waals surface area (Å²) in [5.41, 5.74) is 1.89. The van der Waals surface area contributed by atoms with Crippen LogP contribution in [0.1, 0.15) is 35.3 Å². The molecule has 1 atom stereocenters. The molecule has 5 heteroatoms. The molecular formula is C14H16N2O3. The third-order valence-corrected chi connectivity index (χ3v) is 3.47. The first-order valence-corrected chi connectivity index (χ1v) is 6.55. The van der Waals surface area contributed by atoms with E-state index in [9.17, 15) is 4.79 Å². The van der Waals surface area contributed by atoms with Crippen molar-refractivity contribution in [3.8, 4) is 0 Å². The maximum absolute atomic E-state index is 10.9. The fraction of sp³-hybridized carbons (Fsp3) is 0.429. The SMILES string of the molecule is O=C(O)c1ccn2cc(CC3CCCCO3)nc2c1. The molecule has 100 valence electrons. The van der Waals surface area contributed by atoms with Gasteiger partial charge in [0.2, 0.25) is 0 Å². The molecule has 0 aromatic carbocycles. The number of fused-ring (bicyclic) bond motifs is 1. The lowest BCUT2D eigenvalue weighted by atomic mass is 10.1. The smallest absolute Gasteiger partial charge is 0.335 e. The highest BCUT2D eigenvalue weighted by Crippen LogP contribution is 2.17. The van der Waals surface area contributed by atoms with E-state index in [-0.39, 0.29) is 11.7 Å². The van der Waals surface area contributed by atoms with Crippen molar-refractivity contribution in [3.63, 3.8) is 0 Å². The van der Waals surface area contributed by atoms with Crippen molar-refractivity contribution in [2.24, 2.45) is 0 Å². The molecule has 1 N–H and O–H groups in total. The fourth-order valence-electron chi connectivity index (χ4n) is 2.47. The minimum absolute atomic E-state index is 0.248. The number of aromatic carboxylic acids is 1. The van der Waals surface area contributed by atoms with E-state index in [2.05, 4.69) is 4.98 Å². The summed E-state index contributed by atoms with van der Waals surface area (Å²) in [7, 11) is 0. The Kier molecular flexibility index (Phi) is 3.21. The summed E-state index contributed by atoms with van der Waals surface area (Å²) in [4.78, 5) is 15.4. The molecule has 2 aromatic rings.